The molecule has 2 heteroatoms. The van der Waals surface area contributed by atoms with E-state index in [0.717, 1.165) is 128 Å². The van der Waals surface area contributed by atoms with Gasteiger partial charge in [0.05, 0.1) is 0 Å². The third kappa shape index (κ3) is 9.25. The topological polar surface area (TPSA) is 16.4 Å². The van der Waals surface area contributed by atoms with E-state index in [0.29, 0.717) is 0 Å². The first-order chi connectivity index (χ1) is 39.7. The summed E-state index contributed by atoms with van der Waals surface area (Å²) in [5, 5.41) is 2.19. The minimum Gasteiger partial charge on any atom is -0.456 e. The number of anilines is 3. The van der Waals surface area contributed by atoms with E-state index < -0.39 is 0 Å². The van der Waals surface area contributed by atoms with Crippen molar-refractivity contribution in [3.8, 4) is 100 Å². The summed E-state index contributed by atoms with van der Waals surface area (Å²) in [6.07, 6.45) is 0. The zero-order chi connectivity index (χ0) is 53.2. The molecule has 0 unspecified atom stereocenters. The highest BCUT2D eigenvalue weighted by Gasteiger charge is 2.26. The van der Waals surface area contributed by atoms with Crippen molar-refractivity contribution in [1.82, 2.24) is 0 Å². The van der Waals surface area contributed by atoms with Crippen LogP contribution >= 0.6 is 0 Å². The molecule has 0 saturated heterocycles. The van der Waals surface area contributed by atoms with E-state index in [1.807, 2.05) is 6.07 Å². The second kappa shape index (κ2) is 21.1. The molecule has 376 valence electrons. The Morgan fingerprint density at radius 2 is 0.525 bits per heavy atom. The van der Waals surface area contributed by atoms with Crippen LogP contribution in [0.3, 0.4) is 0 Å². The maximum Gasteiger partial charge on any atom is 0.136 e. The van der Waals surface area contributed by atoms with Crippen molar-refractivity contribution in [1.29, 1.82) is 0 Å². The maximum atomic E-state index is 6.77. The third-order valence-corrected chi connectivity index (χ3v) is 15.5. The van der Waals surface area contributed by atoms with Gasteiger partial charge >= 0.3 is 0 Å². The van der Waals surface area contributed by atoms with Gasteiger partial charge in [-0.25, -0.2) is 0 Å². The normalized spacial score (nSPS) is 11.2. The van der Waals surface area contributed by atoms with Gasteiger partial charge in [0.15, 0.2) is 0 Å². The highest BCUT2D eigenvalue weighted by molar-refractivity contribution is 6.09. The smallest absolute Gasteiger partial charge is 0.136 e. The van der Waals surface area contributed by atoms with Crippen LogP contribution in [0, 0.1) is 0 Å². The van der Waals surface area contributed by atoms with Crippen molar-refractivity contribution in [3.05, 3.63) is 322 Å². The third-order valence-electron chi connectivity index (χ3n) is 15.5. The summed E-state index contributed by atoms with van der Waals surface area (Å²) in [6, 6.07) is 117. The first kappa shape index (κ1) is 47.9. The summed E-state index contributed by atoms with van der Waals surface area (Å²) in [4.78, 5) is 2.43. The number of hydrogen-bond donors (Lipinski definition) is 0. The Bertz CT molecular complexity index is 4230. The van der Waals surface area contributed by atoms with Crippen LogP contribution in [-0.4, -0.2) is 0 Å². The van der Waals surface area contributed by atoms with Crippen LogP contribution in [-0.2, 0) is 0 Å². The fourth-order valence-corrected chi connectivity index (χ4v) is 11.6. The molecule has 0 bridgehead atoms. The van der Waals surface area contributed by atoms with Crippen molar-refractivity contribution in [3.63, 3.8) is 0 Å². The predicted octanol–water partition coefficient (Wildman–Crippen LogP) is 22.1. The van der Waals surface area contributed by atoms with Crippen LogP contribution in [0.2, 0.25) is 0 Å². The summed E-state index contributed by atoms with van der Waals surface area (Å²) in [5.74, 6) is 0. The second-order valence-electron chi connectivity index (χ2n) is 20.4. The number of rotatable bonds is 12. The Kier molecular flexibility index (Phi) is 12.6. The standard InChI is InChI=1S/C78H53NO/c1-7-21-54(22-8-1)58-35-42-65(43-36-58)79(66-44-37-59(38-45-66)55-23-9-2-10-24-55)67-52-74(68-46-39-62(56-25-11-3-12-26-56)49-72(68)60-29-15-5-16-30-60)78(64-41-48-71-70-33-19-20-34-76(70)80-77(71)51-64)75(53-67)69-47-40-63(57-27-13-4-14-28-57)50-73(69)61-31-17-6-18-32-61/h1-53H. The average molecular weight is 1020 g/mol. The molecule has 0 radical (unpaired) electrons. The first-order valence-electron chi connectivity index (χ1n) is 27.4. The minimum atomic E-state index is 0.841. The number of furan rings is 1. The molecule has 2 nitrogen and oxygen atoms in total. The van der Waals surface area contributed by atoms with Crippen LogP contribution < -0.4 is 4.90 Å². The van der Waals surface area contributed by atoms with Crippen LogP contribution in [0.4, 0.5) is 17.1 Å². The molecular formula is C78H53NO. The van der Waals surface area contributed by atoms with Gasteiger partial charge in [0, 0.05) is 27.8 Å². The van der Waals surface area contributed by atoms with Gasteiger partial charge in [-0.15, -0.1) is 0 Å². The molecule has 0 atom stereocenters. The molecule has 0 aliphatic rings. The monoisotopic (exact) mass is 1020 g/mol. The van der Waals surface area contributed by atoms with Gasteiger partial charge in [-0.3, -0.25) is 0 Å². The summed E-state index contributed by atoms with van der Waals surface area (Å²) in [5.41, 5.74) is 25.2. The Labute approximate surface area is 467 Å². The Morgan fingerprint density at radius 1 is 0.188 bits per heavy atom. The zero-order valence-corrected chi connectivity index (χ0v) is 44.0. The van der Waals surface area contributed by atoms with E-state index in [2.05, 4.69) is 320 Å². The van der Waals surface area contributed by atoms with Crippen molar-refractivity contribution < 1.29 is 4.42 Å². The maximum absolute atomic E-state index is 6.77. The highest BCUT2D eigenvalue weighted by atomic mass is 16.3. The van der Waals surface area contributed by atoms with E-state index in [9.17, 15) is 0 Å². The molecule has 1 heterocycles. The molecule has 0 fully saturated rings. The Hall–Kier alpha value is -10.5. The number of para-hydroxylation sites is 1. The second-order valence-corrected chi connectivity index (χ2v) is 20.4. The zero-order valence-electron chi connectivity index (χ0n) is 44.0. The highest BCUT2D eigenvalue weighted by Crippen LogP contribution is 2.51. The molecule has 1 aromatic heterocycles. The van der Waals surface area contributed by atoms with E-state index in [4.69, 9.17) is 4.42 Å². The van der Waals surface area contributed by atoms with Gasteiger partial charge in [-0.2, -0.15) is 0 Å². The average Bonchev–Trinajstić information content (AvgIpc) is 3.95. The lowest BCUT2D eigenvalue weighted by molar-refractivity contribution is 0.669. The number of hydrogen-bond acceptors (Lipinski definition) is 2. The van der Waals surface area contributed by atoms with Crippen molar-refractivity contribution >= 4 is 39.0 Å². The van der Waals surface area contributed by atoms with E-state index in [-0.39, 0.29) is 0 Å². The van der Waals surface area contributed by atoms with Gasteiger partial charge in [-0.1, -0.05) is 255 Å². The number of fused-ring (bicyclic) bond motifs is 3. The summed E-state index contributed by atoms with van der Waals surface area (Å²) >= 11 is 0. The molecule has 0 spiro atoms. The molecule has 14 aromatic rings. The van der Waals surface area contributed by atoms with Gasteiger partial charge in [0.25, 0.3) is 0 Å². The molecule has 13 aromatic carbocycles. The van der Waals surface area contributed by atoms with Gasteiger partial charge in [-0.05, 0) is 167 Å². The van der Waals surface area contributed by atoms with Crippen molar-refractivity contribution in [2.45, 2.75) is 0 Å². The molecule has 0 amide bonds. The SMILES string of the molecule is c1ccc(-c2ccc(N(c3ccc(-c4ccccc4)cc3)c3cc(-c4ccc(-c5ccccc5)cc4-c4ccccc4)c(-c4ccc5c(c4)oc4ccccc45)c(-c4ccc(-c5ccccc5)cc4-c4ccccc4)c3)cc2)cc1. The molecule has 0 saturated carbocycles. The lowest BCUT2D eigenvalue weighted by Crippen LogP contribution is -2.11. The van der Waals surface area contributed by atoms with Crippen molar-refractivity contribution in [2.75, 3.05) is 4.90 Å². The molecular weight excluding hydrogens is 967 g/mol. The van der Waals surface area contributed by atoms with Gasteiger partial charge in [0.2, 0.25) is 0 Å². The van der Waals surface area contributed by atoms with Crippen LogP contribution in [0.25, 0.3) is 122 Å². The van der Waals surface area contributed by atoms with Gasteiger partial charge < -0.3 is 9.32 Å². The largest absolute Gasteiger partial charge is 0.456 e. The molecule has 0 aliphatic heterocycles. The van der Waals surface area contributed by atoms with Crippen molar-refractivity contribution in [2.24, 2.45) is 0 Å². The molecule has 0 N–H and O–H groups in total. The summed E-state index contributed by atoms with van der Waals surface area (Å²) < 4.78 is 6.77. The van der Waals surface area contributed by atoms with Crippen LogP contribution in [0.1, 0.15) is 0 Å². The summed E-state index contributed by atoms with van der Waals surface area (Å²) in [7, 11) is 0. The molecule has 80 heavy (non-hydrogen) atoms. The number of nitrogens with zero attached hydrogens (tertiary/aromatic N) is 1. The Balaban J connectivity index is 1.11. The van der Waals surface area contributed by atoms with Crippen LogP contribution in [0.15, 0.2) is 326 Å². The van der Waals surface area contributed by atoms with E-state index >= 15 is 0 Å². The Morgan fingerprint density at radius 3 is 0.963 bits per heavy atom. The fraction of sp³-hybridized carbons (Fsp3) is 0. The molecule has 0 aliphatic carbocycles. The lowest BCUT2D eigenvalue weighted by atomic mass is 9.81. The van der Waals surface area contributed by atoms with Crippen LogP contribution in [0.5, 0.6) is 0 Å². The van der Waals surface area contributed by atoms with Gasteiger partial charge in [0.1, 0.15) is 11.2 Å². The fourth-order valence-electron chi connectivity index (χ4n) is 11.6. The van der Waals surface area contributed by atoms with E-state index in [1.54, 1.807) is 0 Å². The summed E-state index contributed by atoms with van der Waals surface area (Å²) in [6.45, 7) is 0. The molecule has 14 rings (SSSR count). The quantitative estimate of drug-likeness (QED) is 0.121. The number of benzene rings is 13. The predicted molar refractivity (Wildman–Crippen MR) is 337 cm³/mol. The minimum absolute atomic E-state index is 0.841. The van der Waals surface area contributed by atoms with E-state index in [1.165, 1.54) is 11.1 Å². The first-order valence-corrected chi connectivity index (χ1v) is 27.4. The lowest BCUT2D eigenvalue weighted by Gasteiger charge is -2.29.